The second-order valence-corrected chi connectivity index (χ2v) is 4.43. The van der Waals surface area contributed by atoms with Gasteiger partial charge in [-0.15, -0.1) is 0 Å². The maximum absolute atomic E-state index is 13.0. The Morgan fingerprint density at radius 2 is 2.05 bits per heavy atom. The SMILES string of the molecule is Fc1cccc(CNCc2cn3ccccc3n2)c1. The maximum atomic E-state index is 13.0. The van der Waals surface area contributed by atoms with Crippen molar-refractivity contribution in [3.05, 3.63) is 71.9 Å². The fraction of sp³-hybridized carbons (Fsp3) is 0.133. The van der Waals surface area contributed by atoms with E-state index in [2.05, 4.69) is 10.3 Å². The lowest BCUT2D eigenvalue weighted by molar-refractivity contribution is 0.619. The molecule has 3 rings (SSSR count). The van der Waals surface area contributed by atoms with E-state index in [4.69, 9.17) is 0 Å². The molecule has 0 amide bonds. The molecule has 4 heteroatoms. The van der Waals surface area contributed by atoms with Crippen molar-refractivity contribution in [2.75, 3.05) is 0 Å². The lowest BCUT2D eigenvalue weighted by Gasteiger charge is -2.02. The van der Waals surface area contributed by atoms with Gasteiger partial charge in [0, 0.05) is 25.5 Å². The minimum Gasteiger partial charge on any atom is -0.307 e. The first kappa shape index (κ1) is 11.9. The molecule has 0 fully saturated rings. The van der Waals surface area contributed by atoms with Crippen molar-refractivity contribution in [2.45, 2.75) is 13.1 Å². The fourth-order valence-corrected chi connectivity index (χ4v) is 2.05. The molecule has 2 heterocycles. The Hall–Kier alpha value is -2.20. The van der Waals surface area contributed by atoms with Gasteiger partial charge in [-0.3, -0.25) is 0 Å². The fourth-order valence-electron chi connectivity index (χ4n) is 2.05. The zero-order valence-corrected chi connectivity index (χ0v) is 10.4. The minimum absolute atomic E-state index is 0.202. The van der Waals surface area contributed by atoms with Crippen LogP contribution in [-0.4, -0.2) is 9.38 Å². The first-order valence-corrected chi connectivity index (χ1v) is 6.19. The van der Waals surface area contributed by atoms with E-state index in [1.54, 1.807) is 6.07 Å². The highest BCUT2D eigenvalue weighted by molar-refractivity contribution is 5.39. The smallest absolute Gasteiger partial charge is 0.137 e. The van der Waals surface area contributed by atoms with Crippen LogP contribution >= 0.6 is 0 Å². The van der Waals surface area contributed by atoms with Crippen molar-refractivity contribution in [3.8, 4) is 0 Å². The summed E-state index contributed by atoms with van der Waals surface area (Å²) in [4.78, 5) is 4.49. The van der Waals surface area contributed by atoms with Crippen molar-refractivity contribution in [1.82, 2.24) is 14.7 Å². The molecule has 0 radical (unpaired) electrons. The van der Waals surface area contributed by atoms with Gasteiger partial charge in [-0.05, 0) is 29.8 Å². The average Bonchev–Trinajstić information content (AvgIpc) is 2.81. The Morgan fingerprint density at radius 1 is 1.11 bits per heavy atom. The number of nitrogens with one attached hydrogen (secondary N) is 1. The molecular formula is C15H14FN3. The number of pyridine rings is 1. The van der Waals surface area contributed by atoms with Gasteiger partial charge in [-0.25, -0.2) is 9.37 Å². The first-order chi connectivity index (χ1) is 9.31. The van der Waals surface area contributed by atoms with E-state index in [-0.39, 0.29) is 5.82 Å². The van der Waals surface area contributed by atoms with Crippen LogP contribution in [0.5, 0.6) is 0 Å². The molecule has 0 aliphatic rings. The number of imidazole rings is 1. The van der Waals surface area contributed by atoms with Gasteiger partial charge in [0.2, 0.25) is 0 Å². The summed E-state index contributed by atoms with van der Waals surface area (Å²) in [6.45, 7) is 1.30. The first-order valence-electron chi connectivity index (χ1n) is 6.19. The van der Waals surface area contributed by atoms with Gasteiger partial charge in [0.05, 0.1) is 5.69 Å². The second-order valence-electron chi connectivity index (χ2n) is 4.43. The predicted octanol–water partition coefficient (Wildman–Crippen LogP) is 2.76. The molecule has 3 nitrogen and oxygen atoms in total. The molecule has 0 atom stereocenters. The van der Waals surface area contributed by atoms with E-state index in [1.165, 1.54) is 12.1 Å². The van der Waals surface area contributed by atoms with Crippen molar-refractivity contribution >= 4 is 5.65 Å². The van der Waals surface area contributed by atoms with E-state index in [9.17, 15) is 4.39 Å². The highest BCUT2D eigenvalue weighted by Gasteiger charge is 2.00. The Bertz CT molecular complexity index is 657. The average molecular weight is 255 g/mol. The number of fused-ring (bicyclic) bond motifs is 1. The van der Waals surface area contributed by atoms with Crippen LogP contribution in [0, 0.1) is 5.82 Å². The van der Waals surface area contributed by atoms with Crippen molar-refractivity contribution in [1.29, 1.82) is 0 Å². The number of nitrogens with zero attached hydrogens (tertiary/aromatic N) is 2. The summed E-state index contributed by atoms with van der Waals surface area (Å²) in [7, 11) is 0. The van der Waals surface area contributed by atoms with Crippen LogP contribution < -0.4 is 5.32 Å². The summed E-state index contributed by atoms with van der Waals surface area (Å²) >= 11 is 0. The molecule has 0 spiro atoms. The molecule has 0 saturated heterocycles. The van der Waals surface area contributed by atoms with Crippen LogP contribution in [0.3, 0.4) is 0 Å². The Balaban J connectivity index is 1.63. The van der Waals surface area contributed by atoms with E-state index < -0.39 is 0 Å². The van der Waals surface area contributed by atoms with Crippen molar-refractivity contribution in [2.24, 2.45) is 0 Å². The topological polar surface area (TPSA) is 29.3 Å². The van der Waals surface area contributed by atoms with Gasteiger partial charge in [-0.2, -0.15) is 0 Å². The molecule has 2 aromatic heterocycles. The van der Waals surface area contributed by atoms with Gasteiger partial charge in [0.1, 0.15) is 11.5 Å². The van der Waals surface area contributed by atoms with E-state index >= 15 is 0 Å². The van der Waals surface area contributed by atoms with E-state index in [0.29, 0.717) is 13.1 Å². The number of rotatable bonds is 4. The quantitative estimate of drug-likeness (QED) is 0.776. The highest BCUT2D eigenvalue weighted by atomic mass is 19.1. The Labute approximate surface area is 110 Å². The molecule has 19 heavy (non-hydrogen) atoms. The zero-order chi connectivity index (χ0) is 13.1. The Morgan fingerprint density at radius 3 is 2.89 bits per heavy atom. The molecule has 0 aliphatic heterocycles. The standard InChI is InChI=1S/C15H14FN3/c16-13-5-3-4-12(8-13)9-17-10-14-11-19-7-2-1-6-15(19)18-14/h1-8,11,17H,9-10H2. The van der Waals surface area contributed by atoms with Crippen LogP contribution in [0.25, 0.3) is 5.65 Å². The van der Waals surface area contributed by atoms with Crippen LogP contribution in [0.4, 0.5) is 4.39 Å². The highest BCUT2D eigenvalue weighted by Crippen LogP contribution is 2.06. The van der Waals surface area contributed by atoms with Crippen LogP contribution in [0.15, 0.2) is 54.9 Å². The summed E-state index contributed by atoms with van der Waals surface area (Å²) in [5.74, 6) is -0.202. The number of halogens is 1. The monoisotopic (exact) mass is 255 g/mol. The summed E-state index contributed by atoms with van der Waals surface area (Å²) < 4.78 is 15.0. The van der Waals surface area contributed by atoms with Gasteiger partial charge in [0.25, 0.3) is 0 Å². The van der Waals surface area contributed by atoms with Crippen LogP contribution in [0.2, 0.25) is 0 Å². The molecule has 3 aromatic rings. The van der Waals surface area contributed by atoms with Crippen molar-refractivity contribution < 1.29 is 4.39 Å². The Kier molecular flexibility index (Phi) is 3.25. The van der Waals surface area contributed by atoms with Gasteiger partial charge in [0.15, 0.2) is 0 Å². The van der Waals surface area contributed by atoms with E-state index in [0.717, 1.165) is 16.9 Å². The lowest BCUT2D eigenvalue weighted by atomic mass is 10.2. The molecule has 1 N–H and O–H groups in total. The van der Waals surface area contributed by atoms with Crippen LogP contribution in [-0.2, 0) is 13.1 Å². The van der Waals surface area contributed by atoms with Crippen LogP contribution in [0.1, 0.15) is 11.3 Å². The molecule has 0 aliphatic carbocycles. The summed E-state index contributed by atoms with van der Waals surface area (Å²) in [5, 5.41) is 3.26. The lowest BCUT2D eigenvalue weighted by Crippen LogP contribution is -2.12. The largest absolute Gasteiger partial charge is 0.307 e. The molecule has 0 unspecified atom stereocenters. The number of hydrogen-bond donors (Lipinski definition) is 1. The summed E-state index contributed by atoms with van der Waals surface area (Å²) in [5.41, 5.74) is 2.84. The van der Waals surface area contributed by atoms with E-state index in [1.807, 2.05) is 41.1 Å². The van der Waals surface area contributed by atoms with Gasteiger partial charge < -0.3 is 9.72 Å². The number of benzene rings is 1. The molecule has 96 valence electrons. The van der Waals surface area contributed by atoms with Gasteiger partial charge >= 0.3 is 0 Å². The molecule has 1 aromatic carbocycles. The third-order valence-electron chi connectivity index (χ3n) is 2.94. The minimum atomic E-state index is -0.202. The summed E-state index contributed by atoms with van der Waals surface area (Å²) in [6, 6.07) is 12.5. The molecule has 0 bridgehead atoms. The normalized spacial score (nSPS) is 11.0. The second kappa shape index (κ2) is 5.20. The number of aromatic nitrogens is 2. The number of hydrogen-bond acceptors (Lipinski definition) is 2. The summed E-state index contributed by atoms with van der Waals surface area (Å²) in [6.07, 6.45) is 3.96. The zero-order valence-electron chi connectivity index (χ0n) is 10.4. The molecular weight excluding hydrogens is 241 g/mol. The van der Waals surface area contributed by atoms with Gasteiger partial charge in [-0.1, -0.05) is 18.2 Å². The maximum Gasteiger partial charge on any atom is 0.137 e. The predicted molar refractivity (Wildman–Crippen MR) is 72.1 cm³/mol. The third-order valence-corrected chi connectivity index (χ3v) is 2.94. The third kappa shape index (κ3) is 2.80. The van der Waals surface area contributed by atoms with Crippen molar-refractivity contribution in [3.63, 3.8) is 0 Å². The molecule has 0 saturated carbocycles.